The number of ether oxygens (including phenoxy) is 12. The van der Waals surface area contributed by atoms with Crippen LogP contribution in [0.3, 0.4) is 0 Å². The first-order chi connectivity index (χ1) is 47.7. The van der Waals surface area contributed by atoms with Crippen molar-refractivity contribution in [3.63, 3.8) is 0 Å². The molecule has 12 N–H and O–H groups in total. The summed E-state index contributed by atoms with van der Waals surface area (Å²) in [6.45, 7) is 34.4. The molecule has 0 aliphatic carbocycles. The molecule has 0 aromatic carbocycles. The molecule has 0 saturated carbocycles. The SMILES string of the molecule is C=C1NC(=O)C=CN1[C@@H]1O[C@H](/C(C)=C/P(=O)(O)O)[C@H](OC(C)C)C1OC.C=C1NC(=O)C=CN1[C@@H]1O[C@H](C(C)OP(=O)(O)O)[C@H](OC(C)C)C1OC.C=C1NC(=O)C=CN1[C@@H]1O[C@H](CCP(=O)(O)O)[C@H](OC(C)C)C1OC.C=C1NC(=O)C=CN1[C@@H]1O[C@H]([C@H](C)OP(=O)(O)O)[C@H](OC(C)C)C1OC.S. The Labute approximate surface area is 610 Å². The summed E-state index contributed by atoms with van der Waals surface area (Å²) in [5.41, 5.74) is 0.337. The van der Waals surface area contributed by atoms with E-state index in [2.05, 4.69) is 47.6 Å². The Morgan fingerprint density at radius 2 is 0.740 bits per heavy atom. The van der Waals surface area contributed by atoms with Gasteiger partial charge in [-0.25, -0.2) is 9.13 Å². The molecule has 5 unspecified atom stereocenters. The number of nitrogens with zero attached hydrogens (tertiary/aromatic N) is 4. The molecule has 38 nitrogen and oxygen atoms in total. The van der Waals surface area contributed by atoms with Crippen LogP contribution < -0.4 is 21.3 Å². The van der Waals surface area contributed by atoms with E-state index in [1.165, 1.54) is 91.4 Å². The number of rotatable bonds is 27. The van der Waals surface area contributed by atoms with Crippen molar-refractivity contribution >= 4 is 68.0 Å². The molecule has 8 aliphatic rings. The second-order valence-electron chi connectivity index (χ2n) is 25.3. The maximum Gasteiger partial charge on any atom is 0.469 e. The number of nitrogens with one attached hydrogen (secondary N) is 4. The van der Waals surface area contributed by atoms with Crippen LogP contribution >= 0.6 is 44.3 Å². The summed E-state index contributed by atoms with van der Waals surface area (Å²) in [5.74, 6) is 0.860. The minimum absolute atomic E-state index is 0. The molecule has 0 bridgehead atoms. The molecule has 592 valence electrons. The fourth-order valence-corrected chi connectivity index (χ4v) is 14.3. The summed E-state index contributed by atoms with van der Waals surface area (Å²) >= 11 is 0. The number of carbonyl (C=O) groups excluding carboxylic acids is 4. The number of hydrogen-bond acceptors (Lipinski definition) is 26. The largest absolute Gasteiger partial charge is 0.469 e. The van der Waals surface area contributed by atoms with E-state index in [1.807, 2.05) is 55.4 Å². The number of carbonyl (C=O) groups is 4. The highest BCUT2D eigenvalue weighted by atomic mass is 32.1. The topological polar surface area (TPSA) is 489 Å². The molecule has 0 aromatic heterocycles. The number of hydrogen-bond donors (Lipinski definition) is 12. The van der Waals surface area contributed by atoms with Crippen molar-refractivity contribution in [1.29, 1.82) is 0 Å². The minimum Gasteiger partial charge on any atom is -0.374 e. The van der Waals surface area contributed by atoms with Gasteiger partial charge in [-0.3, -0.25) is 37.4 Å². The van der Waals surface area contributed by atoms with Crippen LogP contribution in [0, 0.1) is 0 Å². The summed E-state index contributed by atoms with van der Waals surface area (Å²) in [6.07, 6.45) is -2.00. The molecular weight excluding hydrogens is 1480 g/mol. The number of phosphoric ester groups is 2. The van der Waals surface area contributed by atoms with Crippen molar-refractivity contribution in [2.45, 2.75) is 217 Å². The molecule has 4 fully saturated rings. The average Bonchev–Trinajstić information content (AvgIpc) is 1.65. The Morgan fingerprint density at radius 3 is 1.02 bits per heavy atom. The standard InChI is InChI=1S/C16H25N2O7P.2C15H25N2O8P.C15H25N2O7P.H2S/c1-9(2)24-14-13(10(3)8-26(20,21)22)25-16(15(14)23-5)18-7-6-12(19)17-11(18)4;2*1-8(2)23-13-12(9(3)25-26(19,20)21)24-15(14(13)22-5)17-7-6-11(18)16-10(17)4;1-9(2)23-13-11(6-8-25(19,20)21)24-15(14(13)22-4)17-7-5-12(18)16-10(17)3;/h6-9,13-16H,4H2,1-3,5H3,(H,17,19)(H2,20,21,22);2*6-9,12-15H,4H2,1-3,5H3,(H,16,18)(H2,19,20,21);5,7,9,11,13-15H,3,6,8H2,1-2,4H3,(H,16,18)(H2,19,20,21);1H2/b10-8+;;;;/t13-,14+,15?,16-;9?,12-,13+,14?,15-;9-,12+,13-,14?,15+;11-,13+,14?,15-;/m1101./s1. The van der Waals surface area contributed by atoms with Gasteiger partial charge in [0.25, 0.3) is 23.6 Å². The normalized spacial score (nSPS) is 30.2. The summed E-state index contributed by atoms with van der Waals surface area (Å²) < 4.78 is 124. The molecule has 0 spiro atoms. The first-order valence-corrected chi connectivity index (χ1v) is 38.7. The zero-order valence-electron chi connectivity index (χ0n) is 60.3. The second kappa shape index (κ2) is 39.5. The van der Waals surface area contributed by atoms with Gasteiger partial charge in [0.15, 0.2) is 24.9 Å². The first kappa shape index (κ1) is 91.5. The smallest absolute Gasteiger partial charge is 0.374 e. The lowest BCUT2D eigenvalue weighted by Gasteiger charge is -2.34. The lowest BCUT2D eigenvalue weighted by atomic mass is 10.0. The Morgan fingerprint density at radius 1 is 0.462 bits per heavy atom. The predicted octanol–water partition coefficient (Wildman–Crippen LogP) is 2.50. The van der Waals surface area contributed by atoms with E-state index < -0.39 is 141 Å². The van der Waals surface area contributed by atoms with Crippen LogP contribution in [0.15, 0.2) is 110 Å². The lowest BCUT2D eigenvalue weighted by molar-refractivity contribution is -0.120. The maximum atomic E-state index is 11.4. The van der Waals surface area contributed by atoms with Crippen molar-refractivity contribution < 1.29 is 142 Å². The van der Waals surface area contributed by atoms with Crippen molar-refractivity contribution in [2.75, 3.05) is 34.6 Å². The van der Waals surface area contributed by atoms with Crippen molar-refractivity contribution in [3.8, 4) is 0 Å². The van der Waals surface area contributed by atoms with E-state index in [4.69, 9.17) is 95.3 Å². The van der Waals surface area contributed by atoms with Crippen molar-refractivity contribution in [3.05, 3.63) is 110 Å². The van der Waals surface area contributed by atoms with Crippen LogP contribution in [0.2, 0.25) is 0 Å². The molecule has 18 atom stereocenters. The van der Waals surface area contributed by atoms with Gasteiger partial charge in [0.2, 0.25) is 0 Å². The third-order valence-corrected chi connectivity index (χ3v) is 18.5. The summed E-state index contributed by atoms with van der Waals surface area (Å²) in [4.78, 5) is 125. The Hall–Kier alpha value is -4.87. The number of amides is 4. The van der Waals surface area contributed by atoms with Gasteiger partial charge in [-0.05, 0) is 88.2 Å². The van der Waals surface area contributed by atoms with E-state index in [-0.39, 0.29) is 85.8 Å². The maximum absolute atomic E-state index is 11.4. The molecule has 4 amide bonds. The van der Waals surface area contributed by atoms with Gasteiger partial charge in [0, 0.05) is 83.4 Å². The summed E-state index contributed by atoms with van der Waals surface area (Å²) in [7, 11) is -12.0. The second-order valence-corrected chi connectivity index (χ2v) is 30.9. The molecule has 4 saturated heterocycles. The summed E-state index contributed by atoms with van der Waals surface area (Å²) in [5, 5.41) is 10.3. The van der Waals surface area contributed by atoms with Gasteiger partial charge in [-0.1, -0.05) is 26.3 Å². The Kier molecular flexibility index (Phi) is 34.7. The quantitative estimate of drug-likeness (QED) is 0.0526. The fraction of sp³-hybridized carbons (Fsp3) is 0.639. The van der Waals surface area contributed by atoms with Gasteiger partial charge in [0.1, 0.15) is 90.4 Å². The highest BCUT2D eigenvalue weighted by Crippen LogP contribution is 2.46. The zero-order valence-corrected chi connectivity index (χ0v) is 64.9. The third kappa shape index (κ3) is 26.5. The Balaban J connectivity index is 0.000000293. The molecule has 43 heteroatoms. The van der Waals surface area contributed by atoms with Crippen molar-refractivity contribution in [1.82, 2.24) is 40.9 Å². The highest BCUT2D eigenvalue weighted by Gasteiger charge is 2.55. The molecule has 8 rings (SSSR count). The van der Waals surface area contributed by atoms with E-state index in [0.29, 0.717) is 17.2 Å². The van der Waals surface area contributed by atoms with Gasteiger partial charge >= 0.3 is 30.8 Å². The zero-order chi connectivity index (χ0) is 77.7. The monoisotopic (exact) mass is 1580 g/mol. The fourth-order valence-electron chi connectivity index (χ4n) is 11.9. The average molecular weight is 1580 g/mol. The molecule has 0 radical (unpaired) electrons. The van der Waals surface area contributed by atoms with E-state index in [9.17, 15) is 47.2 Å². The van der Waals surface area contributed by atoms with Crippen LogP contribution in [-0.4, -0.2) is 252 Å². The van der Waals surface area contributed by atoms with E-state index in [1.54, 1.807) is 26.5 Å². The predicted molar refractivity (Wildman–Crippen MR) is 374 cm³/mol. The van der Waals surface area contributed by atoms with Crippen LogP contribution in [0.25, 0.3) is 0 Å². The highest BCUT2D eigenvalue weighted by molar-refractivity contribution is 7.59. The van der Waals surface area contributed by atoms with Crippen LogP contribution in [-0.2, 0) is 103 Å². The number of phosphoric acid groups is 2. The van der Waals surface area contributed by atoms with Crippen LogP contribution in [0.1, 0.15) is 82.6 Å². The molecular formula is C61H102N8O30P4S. The van der Waals surface area contributed by atoms with Crippen LogP contribution in [0.4, 0.5) is 0 Å². The molecule has 8 heterocycles. The van der Waals surface area contributed by atoms with Gasteiger partial charge in [-0.15, -0.1) is 0 Å². The lowest BCUT2D eigenvalue weighted by Crippen LogP contribution is -2.48. The van der Waals surface area contributed by atoms with Crippen LogP contribution in [0.5, 0.6) is 0 Å². The van der Waals surface area contributed by atoms with E-state index >= 15 is 0 Å². The van der Waals surface area contributed by atoms with Gasteiger partial charge in [0.05, 0.1) is 48.9 Å². The molecule has 8 aliphatic heterocycles. The molecule has 104 heavy (non-hydrogen) atoms. The number of methoxy groups -OCH3 is 4. The molecule has 0 aromatic rings. The third-order valence-electron chi connectivity index (χ3n) is 15.7. The first-order valence-electron chi connectivity index (χ1n) is 32.2. The van der Waals surface area contributed by atoms with E-state index in [0.717, 1.165) is 5.82 Å². The summed E-state index contributed by atoms with van der Waals surface area (Å²) in [6, 6.07) is 0. The van der Waals surface area contributed by atoms with Gasteiger partial charge in [-0.2, -0.15) is 13.5 Å². The minimum atomic E-state index is -4.71. The Bertz CT molecular complexity index is 3250. The van der Waals surface area contributed by atoms with Crippen molar-refractivity contribution in [2.24, 2.45) is 0 Å². The van der Waals surface area contributed by atoms with Gasteiger partial charge < -0.3 is 137 Å².